The number of carbonyl (C=O) groups is 1. The molecule has 104 valence electrons. The molecule has 1 amide bonds. The zero-order valence-corrected chi connectivity index (χ0v) is 12.0. The number of nitrogens with zero attached hydrogens (tertiary/aromatic N) is 1. The number of primary amides is 1. The van der Waals surface area contributed by atoms with E-state index in [4.69, 9.17) is 11.5 Å². The van der Waals surface area contributed by atoms with Crippen LogP contribution >= 0.6 is 0 Å². The lowest BCUT2D eigenvalue weighted by molar-refractivity contribution is 0.100. The van der Waals surface area contributed by atoms with Crippen LogP contribution in [0.5, 0.6) is 0 Å². The minimum atomic E-state index is -0.458. The van der Waals surface area contributed by atoms with Gasteiger partial charge >= 0.3 is 0 Å². The number of benzene rings is 2. The van der Waals surface area contributed by atoms with E-state index in [0.717, 1.165) is 16.9 Å². The van der Waals surface area contributed by atoms with Crippen LogP contribution in [0, 0.1) is 13.8 Å². The summed E-state index contributed by atoms with van der Waals surface area (Å²) < 4.78 is 0. The Kier molecular flexibility index (Phi) is 3.66. The standard InChI is InChI=1S/C16H19N3O/c1-10-4-7-14(11(2)8-10)19(3)15-9-12(16(18)20)5-6-13(15)17/h4-9H,17H2,1-3H3,(H2,18,20). The Morgan fingerprint density at radius 2 is 1.75 bits per heavy atom. The third kappa shape index (κ3) is 2.59. The molecule has 0 radical (unpaired) electrons. The monoisotopic (exact) mass is 269 g/mol. The van der Waals surface area contributed by atoms with Crippen molar-refractivity contribution in [3.8, 4) is 0 Å². The third-order valence-electron chi connectivity index (χ3n) is 3.39. The number of nitrogen functional groups attached to an aromatic ring is 1. The first-order valence-electron chi connectivity index (χ1n) is 6.40. The third-order valence-corrected chi connectivity index (χ3v) is 3.39. The van der Waals surface area contributed by atoms with Crippen LogP contribution in [-0.4, -0.2) is 13.0 Å². The van der Waals surface area contributed by atoms with Gasteiger partial charge in [-0.1, -0.05) is 17.7 Å². The van der Waals surface area contributed by atoms with Crippen molar-refractivity contribution in [3.05, 3.63) is 53.1 Å². The van der Waals surface area contributed by atoms with Gasteiger partial charge < -0.3 is 16.4 Å². The van der Waals surface area contributed by atoms with Gasteiger partial charge in [-0.05, 0) is 43.7 Å². The van der Waals surface area contributed by atoms with E-state index >= 15 is 0 Å². The van der Waals surface area contributed by atoms with E-state index in [1.807, 2.05) is 31.0 Å². The molecule has 0 bridgehead atoms. The Morgan fingerprint density at radius 1 is 1.05 bits per heavy atom. The van der Waals surface area contributed by atoms with E-state index in [-0.39, 0.29) is 0 Å². The number of hydrogen-bond acceptors (Lipinski definition) is 3. The molecule has 0 unspecified atom stereocenters. The molecule has 0 aliphatic rings. The van der Waals surface area contributed by atoms with Crippen molar-refractivity contribution in [2.24, 2.45) is 5.73 Å². The van der Waals surface area contributed by atoms with Gasteiger partial charge in [-0.2, -0.15) is 0 Å². The molecule has 0 atom stereocenters. The molecule has 0 saturated carbocycles. The maximum absolute atomic E-state index is 11.3. The van der Waals surface area contributed by atoms with Crippen molar-refractivity contribution in [3.63, 3.8) is 0 Å². The predicted molar refractivity (Wildman–Crippen MR) is 83.4 cm³/mol. The number of aryl methyl sites for hydroxylation is 2. The van der Waals surface area contributed by atoms with E-state index in [9.17, 15) is 4.79 Å². The Labute approximate surface area is 119 Å². The maximum Gasteiger partial charge on any atom is 0.248 e. The van der Waals surface area contributed by atoms with Gasteiger partial charge in [0.25, 0.3) is 0 Å². The lowest BCUT2D eigenvalue weighted by Crippen LogP contribution is -2.16. The second-order valence-electron chi connectivity index (χ2n) is 4.99. The molecule has 0 aromatic heterocycles. The summed E-state index contributed by atoms with van der Waals surface area (Å²) >= 11 is 0. The number of hydrogen-bond donors (Lipinski definition) is 2. The van der Waals surface area contributed by atoms with Crippen LogP contribution in [0.25, 0.3) is 0 Å². The van der Waals surface area contributed by atoms with Crippen LogP contribution in [0.4, 0.5) is 17.1 Å². The van der Waals surface area contributed by atoms with Crippen molar-refractivity contribution in [2.75, 3.05) is 17.7 Å². The highest BCUT2D eigenvalue weighted by molar-refractivity contribution is 5.95. The van der Waals surface area contributed by atoms with Crippen LogP contribution in [0.3, 0.4) is 0 Å². The maximum atomic E-state index is 11.3. The highest BCUT2D eigenvalue weighted by Gasteiger charge is 2.12. The zero-order valence-electron chi connectivity index (χ0n) is 12.0. The predicted octanol–water partition coefficient (Wildman–Crippen LogP) is 2.75. The van der Waals surface area contributed by atoms with Crippen molar-refractivity contribution in [1.82, 2.24) is 0 Å². The number of carbonyl (C=O) groups excluding carboxylic acids is 1. The molecular weight excluding hydrogens is 250 g/mol. The molecule has 0 spiro atoms. The average Bonchev–Trinajstić information content (AvgIpc) is 2.38. The van der Waals surface area contributed by atoms with Gasteiger partial charge in [0.2, 0.25) is 5.91 Å². The summed E-state index contributed by atoms with van der Waals surface area (Å²) in [5.74, 6) is -0.458. The van der Waals surface area contributed by atoms with E-state index < -0.39 is 5.91 Å². The number of rotatable bonds is 3. The minimum absolute atomic E-state index is 0.450. The van der Waals surface area contributed by atoms with E-state index in [0.29, 0.717) is 11.3 Å². The second kappa shape index (κ2) is 5.25. The highest BCUT2D eigenvalue weighted by atomic mass is 16.1. The molecule has 0 aliphatic carbocycles. The van der Waals surface area contributed by atoms with Crippen molar-refractivity contribution < 1.29 is 4.79 Å². The summed E-state index contributed by atoms with van der Waals surface area (Å²) in [5, 5.41) is 0. The van der Waals surface area contributed by atoms with Gasteiger partial charge in [0, 0.05) is 18.3 Å². The Hall–Kier alpha value is -2.49. The fraction of sp³-hybridized carbons (Fsp3) is 0.188. The van der Waals surface area contributed by atoms with Crippen LogP contribution in [0.15, 0.2) is 36.4 Å². The number of nitrogens with two attached hydrogens (primary N) is 2. The van der Waals surface area contributed by atoms with Crippen LogP contribution in [-0.2, 0) is 0 Å². The van der Waals surface area contributed by atoms with Crippen molar-refractivity contribution in [1.29, 1.82) is 0 Å². The van der Waals surface area contributed by atoms with E-state index in [1.165, 1.54) is 5.56 Å². The fourth-order valence-electron chi connectivity index (χ4n) is 2.30. The summed E-state index contributed by atoms with van der Waals surface area (Å²) in [6, 6.07) is 11.3. The summed E-state index contributed by atoms with van der Waals surface area (Å²) in [7, 11) is 1.92. The summed E-state index contributed by atoms with van der Waals surface area (Å²) in [6.07, 6.45) is 0. The van der Waals surface area contributed by atoms with Gasteiger partial charge in [-0.3, -0.25) is 4.79 Å². The van der Waals surface area contributed by atoms with Crippen LogP contribution < -0.4 is 16.4 Å². The van der Waals surface area contributed by atoms with Crippen molar-refractivity contribution >= 4 is 23.0 Å². The van der Waals surface area contributed by atoms with Crippen LogP contribution in [0.2, 0.25) is 0 Å². The molecule has 4 nitrogen and oxygen atoms in total. The summed E-state index contributed by atoms with van der Waals surface area (Å²) in [4.78, 5) is 13.3. The van der Waals surface area contributed by atoms with Crippen LogP contribution in [0.1, 0.15) is 21.5 Å². The number of anilines is 3. The SMILES string of the molecule is Cc1ccc(N(C)c2cc(C(N)=O)ccc2N)c(C)c1. The van der Waals surface area contributed by atoms with Gasteiger partial charge in [-0.15, -0.1) is 0 Å². The normalized spacial score (nSPS) is 10.3. The van der Waals surface area contributed by atoms with Gasteiger partial charge in [0.05, 0.1) is 11.4 Å². The molecular formula is C16H19N3O. The van der Waals surface area contributed by atoms with Gasteiger partial charge in [-0.25, -0.2) is 0 Å². The molecule has 4 heteroatoms. The minimum Gasteiger partial charge on any atom is -0.397 e. The molecule has 2 aromatic rings. The first-order valence-corrected chi connectivity index (χ1v) is 6.40. The largest absolute Gasteiger partial charge is 0.397 e. The van der Waals surface area contributed by atoms with E-state index in [2.05, 4.69) is 13.0 Å². The average molecular weight is 269 g/mol. The summed E-state index contributed by atoms with van der Waals surface area (Å²) in [5.41, 5.74) is 16.6. The molecule has 0 fully saturated rings. The molecule has 0 saturated heterocycles. The molecule has 4 N–H and O–H groups in total. The van der Waals surface area contributed by atoms with Gasteiger partial charge in [0.15, 0.2) is 0 Å². The Bertz CT molecular complexity index is 665. The van der Waals surface area contributed by atoms with Gasteiger partial charge in [0.1, 0.15) is 0 Å². The van der Waals surface area contributed by atoms with E-state index in [1.54, 1.807) is 18.2 Å². The smallest absolute Gasteiger partial charge is 0.248 e. The first kappa shape index (κ1) is 13.9. The topological polar surface area (TPSA) is 72.3 Å². The lowest BCUT2D eigenvalue weighted by atomic mass is 10.1. The molecule has 2 aromatic carbocycles. The quantitative estimate of drug-likeness (QED) is 0.841. The molecule has 2 rings (SSSR count). The summed E-state index contributed by atoms with van der Waals surface area (Å²) in [6.45, 7) is 4.10. The zero-order chi connectivity index (χ0) is 14.9. The highest BCUT2D eigenvalue weighted by Crippen LogP contribution is 2.32. The Morgan fingerprint density at radius 3 is 2.35 bits per heavy atom. The number of amides is 1. The molecule has 0 aliphatic heterocycles. The Balaban J connectivity index is 2.49. The van der Waals surface area contributed by atoms with Crippen molar-refractivity contribution in [2.45, 2.75) is 13.8 Å². The fourth-order valence-corrected chi connectivity index (χ4v) is 2.30. The lowest BCUT2D eigenvalue weighted by Gasteiger charge is -2.24. The first-order chi connectivity index (χ1) is 9.40. The molecule has 0 heterocycles. The second-order valence-corrected chi connectivity index (χ2v) is 4.99. The molecule has 20 heavy (non-hydrogen) atoms.